The number of nitrogen functional groups attached to an aromatic ring is 2. The Morgan fingerprint density at radius 1 is 0.731 bits per heavy atom. The minimum Gasteiger partial charge on any atom is -0.398 e. The molecule has 6 heteroatoms. The Kier molecular flexibility index (Phi) is 5.41. The summed E-state index contributed by atoms with van der Waals surface area (Å²) in [6.45, 7) is 0. The second-order valence-electron chi connectivity index (χ2n) is 6.62. The summed E-state index contributed by atoms with van der Waals surface area (Å²) in [5.74, 6) is -0.429. The zero-order valence-electron chi connectivity index (χ0n) is 14.6. The highest BCUT2D eigenvalue weighted by Crippen LogP contribution is 2.21. The molecule has 1 saturated carbocycles. The van der Waals surface area contributed by atoms with Crippen LogP contribution in [0.5, 0.6) is 0 Å². The van der Waals surface area contributed by atoms with Crippen LogP contribution in [0.2, 0.25) is 0 Å². The van der Waals surface area contributed by atoms with Crippen molar-refractivity contribution >= 4 is 23.2 Å². The number of nitrogens with two attached hydrogens (primary N) is 2. The van der Waals surface area contributed by atoms with Crippen LogP contribution in [0.3, 0.4) is 0 Å². The minimum atomic E-state index is -0.214. The number of nitrogens with one attached hydrogen (secondary N) is 2. The molecule has 0 saturated heterocycles. The number of para-hydroxylation sites is 2. The van der Waals surface area contributed by atoms with Gasteiger partial charge in [0, 0.05) is 23.5 Å². The Labute approximate surface area is 153 Å². The van der Waals surface area contributed by atoms with Crippen molar-refractivity contribution in [1.29, 1.82) is 0 Å². The summed E-state index contributed by atoms with van der Waals surface area (Å²) in [5, 5.41) is 6.07. The van der Waals surface area contributed by atoms with Crippen LogP contribution in [0.4, 0.5) is 11.4 Å². The Hall–Kier alpha value is -3.02. The molecule has 0 bridgehead atoms. The maximum absolute atomic E-state index is 12.6. The first-order valence-corrected chi connectivity index (χ1v) is 8.87. The molecule has 6 N–H and O–H groups in total. The molecule has 2 aromatic rings. The highest BCUT2D eigenvalue weighted by molar-refractivity contribution is 6.00. The summed E-state index contributed by atoms with van der Waals surface area (Å²) in [4.78, 5) is 25.1. The number of carbonyl (C=O) groups is 2. The van der Waals surface area contributed by atoms with Crippen LogP contribution < -0.4 is 22.1 Å². The van der Waals surface area contributed by atoms with Crippen molar-refractivity contribution in [2.75, 3.05) is 11.5 Å². The summed E-state index contributed by atoms with van der Waals surface area (Å²) in [5.41, 5.74) is 13.6. The number of hydrogen-bond donors (Lipinski definition) is 4. The molecule has 3 rings (SSSR count). The molecule has 0 spiro atoms. The summed E-state index contributed by atoms with van der Waals surface area (Å²) in [7, 11) is 0. The summed E-state index contributed by atoms with van der Waals surface area (Å²) in [6, 6.07) is 13.7. The van der Waals surface area contributed by atoms with Gasteiger partial charge < -0.3 is 22.1 Å². The van der Waals surface area contributed by atoms with Gasteiger partial charge in [-0.1, -0.05) is 37.1 Å². The van der Waals surface area contributed by atoms with Gasteiger partial charge >= 0.3 is 0 Å². The van der Waals surface area contributed by atoms with Gasteiger partial charge in [-0.3, -0.25) is 9.59 Å². The molecule has 0 radical (unpaired) electrons. The molecule has 136 valence electrons. The molecule has 1 aliphatic carbocycles. The molecule has 0 aliphatic heterocycles. The number of amides is 2. The van der Waals surface area contributed by atoms with Crippen molar-refractivity contribution in [2.24, 2.45) is 0 Å². The molecule has 1 fully saturated rings. The third kappa shape index (κ3) is 3.96. The lowest BCUT2D eigenvalue weighted by Gasteiger charge is -2.33. The molecule has 0 heterocycles. The largest absolute Gasteiger partial charge is 0.398 e. The summed E-state index contributed by atoms with van der Waals surface area (Å²) in [6.07, 6.45) is 3.64. The number of benzene rings is 2. The van der Waals surface area contributed by atoms with E-state index in [4.69, 9.17) is 11.5 Å². The SMILES string of the molecule is Nc1ccccc1C(=O)N[C@@H]1CCCC[C@H]1NC(=O)c1ccccc1N. The van der Waals surface area contributed by atoms with Gasteiger partial charge in [0.15, 0.2) is 0 Å². The van der Waals surface area contributed by atoms with E-state index >= 15 is 0 Å². The maximum atomic E-state index is 12.6. The summed E-state index contributed by atoms with van der Waals surface area (Å²) < 4.78 is 0. The lowest BCUT2D eigenvalue weighted by Crippen LogP contribution is -2.53. The second-order valence-corrected chi connectivity index (χ2v) is 6.62. The van der Waals surface area contributed by atoms with Gasteiger partial charge in [-0.25, -0.2) is 0 Å². The fourth-order valence-electron chi connectivity index (χ4n) is 3.38. The number of rotatable bonds is 4. The number of anilines is 2. The molecule has 1 aliphatic rings. The van der Waals surface area contributed by atoms with E-state index in [-0.39, 0.29) is 23.9 Å². The van der Waals surface area contributed by atoms with E-state index in [1.165, 1.54) is 0 Å². The van der Waals surface area contributed by atoms with Gasteiger partial charge in [-0.15, -0.1) is 0 Å². The lowest BCUT2D eigenvalue weighted by atomic mass is 9.89. The third-order valence-corrected chi connectivity index (χ3v) is 4.81. The van der Waals surface area contributed by atoms with Gasteiger partial charge in [-0.2, -0.15) is 0 Å². The normalized spacial score (nSPS) is 19.5. The van der Waals surface area contributed by atoms with Gasteiger partial charge in [0.05, 0.1) is 11.1 Å². The van der Waals surface area contributed by atoms with Crippen molar-refractivity contribution in [3.8, 4) is 0 Å². The average Bonchev–Trinajstić information content (AvgIpc) is 2.64. The Bertz CT molecular complexity index is 738. The monoisotopic (exact) mass is 352 g/mol. The predicted molar refractivity (Wildman–Crippen MR) is 103 cm³/mol. The smallest absolute Gasteiger partial charge is 0.253 e. The van der Waals surface area contributed by atoms with E-state index in [1.54, 1.807) is 48.5 Å². The van der Waals surface area contributed by atoms with E-state index in [0.29, 0.717) is 22.5 Å². The van der Waals surface area contributed by atoms with Crippen LogP contribution in [0.1, 0.15) is 46.4 Å². The Morgan fingerprint density at radius 2 is 1.12 bits per heavy atom. The van der Waals surface area contributed by atoms with Crippen LogP contribution in [0, 0.1) is 0 Å². The molecular formula is C20H24N4O2. The van der Waals surface area contributed by atoms with E-state index in [1.807, 2.05) is 0 Å². The first-order chi connectivity index (χ1) is 12.6. The third-order valence-electron chi connectivity index (χ3n) is 4.81. The predicted octanol–water partition coefficient (Wildman–Crippen LogP) is 2.32. The molecule has 6 nitrogen and oxygen atoms in total. The van der Waals surface area contributed by atoms with Crippen LogP contribution in [-0.2, 0) is 0 Å². The average molecular weight is 352 g/mol. The van der Waals surface area contributed by atoms with Crippen molar-refractivity contribution in [2.45, 2.75) is 37.8 Å². The molecule has 2 amide bonds. The van der Waals surface area contributed by atoms with Gasteiger partial charge in [0.2, 0.25) is 0 Å². The standard InChI is InChI=1S/C20H24N4O2/c21-15-9-3-1-7-13(15)19(25)23-17-11-5-6-12-18(17)24-20(26)14-8-2-4-10-16(14)22/h1-4,7-10,17-18H,5-6,11-12,21-22H2,(H,23,25)(H,24,26)/t17-,18-/m1/s1. The van der Waals surface area contributed by atoms with Crippen molar-refractivity contribution < 1.29 is 9.59 Å². The number of hydrogen-bond acceptors (Lipinski definition) is 4. The molecule has 2 atom stereocenters. The lowest BCUT2D eigenvalue weighted by molar-refractivity contribution is 0.0863. The Balaban J connectivity index is 1.70. The fourth-order valence-corrected chi connectivity index (χ4v) is 3.38. The molecule has 26 heavy (non-hydrogen) atoms. The second kappa shape index (κ2) is 7.91. The van der Waals surface area contributed by atoms with Crippen molar-refractivity contribution in [1.82, 2.24) is 10.6 Å². The maximum Gasteiger partial charge on any atom is 0.253 e. The van der Waals surface area contributed by atoms with E-state index in [0.717, 1.165) is 25.7 Å². The number of carbonyl (C=O) groups excluding carboxylic acids is 2. The van der Waals surface area contributed by atoms with Crippen molar-refractivity contribution in [3.63, 3.8) is 0 Å². The van der Waals surface area contributed by atoms with Gasteiger partial charge in [0.25, 0.3) is 11.8 Å². The molecule has 0 aromatic heterocycles. The van der Waals surface area contributed by atoms with Crippen LogP contribution >= 0.6 is 0 Å². The highest BCUT2D eigenvalue weighted by atomic mass is 16.2. The van der Waals surface area contributed by atoms with Crippen LogP contribution in [-0.4, -0.2) is 23.9 Å². The van der Waals surface area contributed by atoms with Crippen LogP contribution in [0.15, 0.2) is 48.5 Å². The van der Waals surface area contributed by atoms with Gasteiger partial charge in [0.1, 0.15) is 0 Å². The quantitative estimate of drug-likeness (QED) is 0.633. The van der Waals surface area contributed by atoms with Crippen molar-refractivity contribution in [3.05, 3.63) is 59.7 Å². The van der Waals surface area contributed by atoms with Crippen LogP contribution in [0.25, 0.3) is 0 Å². The molecular weight excluding hydrogens is 328 g/mol. The Morgan fingerprint density at radius 3 is 1.50 bits per heavy atom. The first-order valence-electron chi connectivity index (χ1n) is 8.87. The first kappa shape index (κ1) is 17.8. The molecule has 2 aromatic carbocycles. The zero-order valence-corrected chi connectivity index (χ0v) is 14.6. The van der Waals surface area contributed by atoms with Gasteiger partial charge in [-0.05, 0) is 37.1 Å². The van der Waals surface area contributed by atoms with E-state index in [9.17, 15) is 9.59 Å². The highest BCUT2D eigenvalue weighted by Gasteiger charge is 2.29. The summed E-state index contributed by atoms with van der Waals surface area (Å²) >= 11 is 0. The fraction of sp³-hybridized carbons (Fsp3) is 0.300. The molecule has 0 unspecified atom stereocenters. The van der Waals surface area contributed by atoms with E-state index in [2.05, 4.69) is 10.6 Å². The topological polar surface area (TPSA) is 110 Å². The zero-order chi connectivity index (χ0) is 18.5. The van der Waals surface area contributed by atoms with E-state index < -0.39 is 0 Å². The minimum absolute atomic E-state index is 0.134.